The summed E-state index contributed by atoms with van der Waals surface area (Å²) in [5.41, 5.74) is 4.98. The van der Waals surface area contributed by atoms with Crippen LogP contribution in [0.25, 0.3) is 22.2 Å². The second-order valence-electron chi connectivity index (χ2n) is 10.0. The maximum Gasteiger partial charge on any atom is 0.407 e. The molecule has 1 amide bonds. The van der Waals surface area contributed by atoms with E-state index in [2.05, 4.69) is 38.1 Å². The molecule has 2 heterocycles. The van der Waals surface area contributed by atoms with Crippen molar-refractivity contribution < 1.29 is 23.6 Å². The normalized spacial score (nSPS) is 11.8. The Balaban J connectivity index is 1.42. The highest BCUT2D eigenvalue weighted by Crippen LogP contribution is 2.25. The summed E-state index contributed by atoms with van der Waals surface area (Å²) in [7, 11) is 5.34. The third kappa shape index (κ3) is 7.22. The molecule has 0 aliphatic rings. The highest BCUT2D eigenvalue weighted by Gasteiger charge is 2.24. The van der Waals surface area contributed by atoms with E-state index in [4.69, 9.17) is 14.0 Å². The van der Waals surface area contributed by atoms with Crippen molar-refractivity contribution in [3.63, 3.8) is 0 Å². The number of carbonyl (C=O) groups is 2. The van der Waals surface area contributed by atoms with E-state index in [0.717, 1.165) is 71.4 Å². The standard InChI is InChI=1S/C31H38N4O5/c1-5-6-18-39-31(37)32-28(30(36)38-4)19-23-21-35(29-12-8-7-11-26(23)29)17-9-10-25-20-27(33-40-25)22-13-15-24(16-14-22)34(2)3/h7-8,11-16,20-21,28H,5-6,9-10,17-19H2,1-4H3,(H,32,37). The summed E-state index contributed by atoms with van der Waals surface area (Å²) >= 11 is 0. The van der Waals surface area contributed by atoms with Crippen molar-refractivity contribution in [3.05, 3.63) is 72.1 Å². The molecule has 40 heavy (non-hydrogen) atoms. The predicted molar refractivity (Wildman–Crippen MR) is 155 cm³/mol. The number of aryl methyl sites for hydroxylation is 2. The summed E-state index contributed by atoms with van der Waals surface area (Å²) in [5, 5.41) is 7.96. The lowest BCUT2D eigenvalue weighted by atomic mass is 10.1. The van der Waals surface area contributed by atoms with Gasteiger partial charge in [0.05, 0.1) is 13.7 Å². The van der Waals surface area contributed by atoms with Gasteiger partial charge in [-0.3, -0.25) is 0 Å². The Morgan fingerprint density at radius 2 is 1.88 bits per heavy atom. The minimum atomic E-state index is -0.849. The van der Waals surface area contributed by atoms with E-state index >= 15 is 0 Å². The summed E-state index contributed by atoms with van der Waals surface area (Å²) < 4.78 is 18.0. The number of amides is 1. The van der Waals surface area contributed by atoms with Crippen LogP contribution in [0.1, 0.15) is 37.5 Å². The molecule has 2 aromatic heterocycles. The number of alkyl carbamates (subject to hydrolysis) is 1. The highest BCUT2D eigenvalue weighted by atomic mass is 16.6. The van der Waals surface area contributed by atoms with Crippen LogP contribution in [0.15, 0.2) is 65.3 Å². The maximum atomic E-state index is 12.5. The van der Waals surface area contributed by atoms with Crippen LogP contribution in [-0.4, -0.2) is 55.6 Å². The summed E-state index contributed by atoms with van der Waals surface area (Å²) in [5.74, 6) is 0.321. The fourth-order valence-electron chi connectivity index (χ4n) is 4.64. The first-order valence-corrected chi connectivity index (χ1v) is 13.7. The number of unbranched alkanes of at least 4 members (excludes halogenated alkanes) is 1. The van der Waals surface area contributed by atoms with Crippen LogP contribution in [-0.2, 0) is 33.7 Å². The Morgan fingerprint density at radius 3 is 2.60 bits per heavy atom. The average molecular weight is 547 g/mol. The second-order valence-corrected chi connectivity index (χ2v) is 10.0. The van der Waals surface area contributed by atoms with Gasteiger partial charge >= 0.3 is 12.1 Å². The number of rotatable bonds is 13. The largest absolute Gasteiger partial charge is 0.467 e. The van der Waals surface area contributed by atoms with Gasteiger partial charge in [0.2, 0.25) is 0 Å². The van der Waals surface area contributed by atoms with E-state index in [1.165, 1.54) is 7.11 Å². The molecule has 0 bridgehead atoms. The van der Waals surface area contributed by atoms with Crippen molar-refractivity contribution in [3.8, 4) is 11.3 Å². The summed E-state index contributed by atoms with van der Waals surface area (Å²) in [4.78, 5) is 26.8. The van der Waals surface area contributed by atoms with Crippen LogP contribution < -0.4 is 10.2 Å². The molecule has 1 N–H and O–H groups in total. The smallest absolute Gasteiger partial charge is 0.407 e. The van der Waals surface area contributed by atoms with Gasteiger partial charge in [0.25, 0.3) is 0 Å². The molecule has 4 rings (SSSR count). The van der Waals surface area contributed by atoms with Gasteiger partial charge in [0.15, 0.2) is 0 Å². The molecule has 0 spiro atoms. The number of fused-ring (bicyclic) bond motifs is 1. The van der Waals surface area contributed by atoms with Crippen LogP contribution in [0.2, 0.25) is 0 Å². The van der Waals surface area contributed by atoms with E-state index in [1.807, 2.05) is 63.6 Å². The highest BCUT2D eigenvalue weighted by molar-refractivity contribution is 5.86. The zero-order chi connectivity index (χ0) is 28.5. The third-order valence-corrected chi connectivity index (χ3v) is 6.86. The fourth-order valence-corrected chi connectivity index (χ4v) is 4.64. The number of carbonyl (C=O) groups excluding carboxylic acids is 2. The van der Waals surface area contributed by atoms with Crippen molar-refractivity contribution >= 4 is 28.7 Å². The Hall–Kier alpha value is -4.27. The lowest BCUT2D eigenvalue weighted by Gasteiger charge is -2.16. The van der Waals surface area contributed by atoms with Gasteiger partial charge in [-0.25, -0.2) is 9.59 Å². The zero-order valence-corrected chi connectivity index (χ0v) is 23.7. The molecule has 0 radical (unpaired) electrons. The molecule has 0 aliphatic heterocycles. The molecule has 0 saturated heterocycles. The van der Waals surface area contributed by atoms with Gasteiger partial charge in [0, 0.05) is 67.9 Å². The number of hydrogen-bond acceptors (Lipinski definition) is 7. The number of para-hydroxylation sites is 1. The van der Waals surface area contributed by atoms with Crippen molar-refractivity contribution in [2.75, 3.05) is 32.7 Å². The minimum Gasteiger partial charge on any atom is -0.467 e. The van der Waals surface area contributed by atoms with E-state index < -0.39 is 18.1 Å². The number of esters is 1. The molecule has 2 aromatic carbocycles. The van der Waals surface area contributed by atoms with E-state index in [0.29, 0.717) is 13.0 Å². The first-order valence-electron chi connectivity index (χ1n) is 13.7. The molecule has 9 heteroatoms. The van der Waals surface area contributed by atoms with Crippen LogP contribution in [0, 0.1) is 0 Å². The SMILES string of the molecule is CCCCOC(=O)NC(Cc1cn(CCCc2cc(-c3ccc(N(C)C)cc3)no2)c2ccccc12)C(=O)OC. The minimum absolute atomic E-state index is 0.293. The van der Waals surface area contributed by atoms with Crippen molar-refractivity contribution in [1.82, 2.24) is 15.0 Å². The number of aromatic nitrogens is 2. The number of nitrogens with one attached hydrogen (secondary N) is 1. The van der Waals surface area contributed by atoms with Gasteiger partial charge in [-0.05, 0) is 36.6 Å². The number of hydrogen-bond donors (Lipinski definition) is 1. The molecule has 4 aromatic rings. The van der Waals surface area contributed by atoms with E-state index in [9.17, 15) is 9.59 Å². The summed E-state index contributed by atoms with van der Waals surface area (Å²) in [6.45, 7) is 3.08. The van der Waals surface area contributed by atoms with Crippen LogP contribution >= 0.6 is 0 Å². The Morgan fingerprint density at radius 1 is 1.10 bits per heavy atom. The van der Waals surface area contributed by atoms with Gasteiger partial charge in [-0.2, -0.15) is 0 Å². The summed E-state index contributed by atoms with van der Waals surface area (Å²) in [6.07, 6.45) is 4.98. The van der Waals surface area contributed by atoms with Gasteiger partial charge < -0.3 is 28.8 Å². The molecule has 0 saturated carbocycles. The molecule has 1 unspecified atom stereocenters. The van der Waals surface area contributed by atoms with Crippen LogP contribution in [0.4, 0.5) is 10.5 Å². The first-order chi connectivity index (χ1) is 19.4. The molecule has 0 fully saturated rings. The van der Waals surface area contributed by atoms with Crippen molar-refractivity contribution in [2.24, 2.45) is 0 Å². The molecule has 0 aliphatic carbocycles. The number of nitrogens with zero attached hydrogens (tertiary/aromatic N) is 3. The number of anilines is 1. The Labute approximate surface area is 235 Å². The van der Waals surface area contributed by atoms with Crippen LogP contribution in [0.3, 0.4) is 0 Å². The fraction of sp³-hybridized carbons (Fsp3) is 0.387. The molecular weight excluding hydrogens is 508 g/mol. The van der Waals surface area contributed by atoms with Crippen LogP contribution in [0.5, 0.6) is 0 Å². The first kappa shape index (κ1) is 28.7. The van der Waals surface area contributed by atoms with E-state index in [-0.39, 0.29) is 0 Å². The lowest BCUT2D eigenvalue weighted by molar-refractivity contribution is -0.142. The van der Waals surface area contributed by atoms with Gasteiger partial charge in [-0.15, -0.1) is 0 Å². The number of benzene rings is 2. The molecule has 1 atom stereocenters. The zero-order valence-electron chi connectivity index (χ0n) is 23.7. The maximum absolute atomic E-state index is 12.5. The molecule has 212 valence electrons. The average Bonchev–Trinajstić information content (AvgIpc) is 3.57. The summed E-state index contributed by atoms with van der Waals surface area (Å²) in [6, 6.07) is 17.4. The van der Waals surface area contributed by atoms with Gasteiger partial charge in [0.1, 0.15) is 17.5 Å². The molecular formula is C31H38N4O5. The molecule has 9 nitrogen and oxygen atoms in total. The van der Waals surface area contributed by atoms with Gasteiger partial charge in [-0.1, -0.05) is 48.8 Å². The lowest BCUT2D eigenvalue weighted by Crippen LogP contribution is -2.43. The third-order valence-electron chi connectivity index (χ3n) is 6.86. The number of methoxy groups -OCH3 is 1. The van der Waals surface area contributed by atoms with Crippen molar-refractivity contribution in [1.29, 1.82) is 0 Å². The Kier molecular flexibility index (Phi) is 9.83. The quantitative estimate of drug-likeness (QED) is 0.172. The van der Waals surface area contributed by atoms with Crippen molar-refractivity contribution in [2.45, 2.75) is 51.6 Å². The second kappa shape index (κ2) is 13.7. The van der Waals surface area contributed by atoms with E-state index in [1.54, 1.807) is 0 Å². The Bertz CT molecular complexity index is 1410. The number of ether oxygens (including phenoxy) is 2. The monoisotopic (exact) mass is 546 g/mol. The predicted octanol–water partition coefficient (Wildman–Crippen LogP) is 5.61. The topological polar surface area (TPSA) is 98.8 Å².